The molecule has 0 unspecified atom stereocenters. The third-order valence-electron chi connectivity index (χ3n) is 3.24. The third-order valence-corrected chi connectivity index (χ3v) is 3.24. The number of carbonyl (C=O) groups is 1. The van der Waals surface area contributed by atoms with E-state index < -0.39 is 5.60 Å². The van der Waals surface area contributed by atoms with Crippen LogP contribution in [0.5, 0.6) is 0 Å². The van der Waals surface area contributed by atoms with Crippen molar-refractivity contribution < 1.29 is 9.53 Å². The van der Waals surface area contributed by atoms with Gasteiger partial charge in [0.05, 0.1) is 0 Å². The number of rotatable bonds is 3. The summed E-state index contributed by atoms with van der Waals surface area (Å²) in [6.45, 7) is 13.8. The average molecular weight is 256 g/mol. The topological polar surface area (TPSA) is 32.8 Å². The van der Waals surface area contributed by atoms with Crippen LogP contribution >= 0.6 is 0 Å². The normalized spacial score (nSPS) is 22.1. The zero-order valence-corrected chi connectivity index (χ0v) is 12.5. The number of hydrogen-bond donors (Lipinski definition) is 0. The molecule has 1 rings (SSSR count). The number of nitrogens with zero attached hydrogens (tertiary/aromatic N) is 2. The van der Waals surface area contributed by atoms with Crippen molar-refractivity contribution in [1.29, 1.82) is 0 Å². The first-order chi connectivity index (χ1) is 8.37. The fourth-order valence-corrected chi connectivity index (χ4v) is 2.35. The molecule has 1 saturated heterocycles. The summed E-state index contributed by atoms with van der Waals surface area (Å²) in [5, 5.41) is 0. The van der Waals surface area contributed by atoms with Crippen LogP contribution in [0, 0.1) is 0 Å². The Morgan fingerprint density at radius 1 is 1.28 bits per heavy atom. The van der Waals surface area contributed by atoms with Crippen LogP contribution in [0.25, 0.3) is 0 Å². The molecule has 1 heterocycles. The van der Waals surface area contributed by atoms with E-state index in [0.717, 1.165) is 32.6 Å². The first-order valence-corrected chi connectivity index (χ1v) is 7.09. The van der Waals surface area contributed by atoms with Crippen LogP contribution in [0.2, 0.25) is 0 Å². The van der Waals surface area contributed by atoms with Gasteiger partial charge in [-0.15, -0.1) is 0 Å². The molecule has 4 nitrogen and oxygen atoms in total. The molecule has 0 aromatic heterocycles. The van der Waals surface area contributed by atoms with Gasteiger partial charge < -0.3 is 9.64 Å². The van der Waals surface area contributed by atoms with Crippen LogP contribution in [-0.2, 0) is 4.74 Å². The Morgan fingerprint density at radius 2 is 1.94 bits per heavy atom. The number of amides is 1. The molecular weight excluding hydrogens is 228 g/mol. The molecule has 1 atom stereocenters. The lowest BCUT2D eigenvalue weighted by Gasteiger charge is -2.41. The Morgan fingerprint density at radius 3 is 2.44 bits per heavy atom. The second-order valence-corrected chi connectivity index (χ2v) is 6.02. The molecule has 1 aliphatic heterocycles. The van der Waals surface area contributed by atoms with Gasteiger partial charge in [-0.25, -0.2) is 4.79 Å². The highest BCUT2D eigenvalue weighted by Crippen LogP contribution is 2.16. The van der Waals surface area contributed by atoms with E-state index in [1.165, 1.54) is 6.42 Å². The van der Waals surface area contributed by atoms with Gasteiger partial charge in [0.15, 0.2) is 0 Å². The molecule has 0 spiro atoms. The van der Waals surface area contributed by atoms with E-state index in [9.17, 15) is 4.79 Å². The van der Waals surface area contributed by atoms with Gasteiger partial charge >= 0.3 is 6.09 Å². The van der Waals surface area contributed by atoms with E-state index >= 15 is 0 Å². The smallest absolute Gasteiger partial charge is 0.410 e. The van der Waals surface area contributed by atoms with Crippen molar-refractivity contribution in [1.82, 2.24) is 9.80 Å². The van der Waals surface area contributed by atoms with Gasteiger partial charge in [-0.2, -0.15) is 0 Å². The van der Waals surface area contributed by atoms with Crippen molar-refractivity contribution in [3.8, 4) is 0 Å². The summed E-state index contributed by atoms with van der Waals surface area (Å²) in [6.07, 6.45) is 2.08. The maximum absolute atomic E-state index is 12.0. The Labute approximate surface area is 111 Å². The molecule has 18 heavy (non-hydrogen) atoms. The van der Waals surface area contributed by atoms with E-state index in [4.69, 9.17) is 4.74 Å². The van der Waals surface area contributed by atoms with Crippen LogP contribution in [0.15, 0.2) is 0 Å². The average Bonchev–Trinajstić information content (AvgIpc) is 2.27. The van der Waals surface area contributed by atoms with Crippen molar-refractivity contribution in [3.63, 3.8) is 0 Å². The van der Waals surface area contributed by atoms with Crippen LogP contribution in [0.4, 0.5) is 4.79 Å². The molecular formula is C14H28N2O2. The quantitative estimate of drug-likeness (QED) is 0.778. The van der Waals surface area contributed by atoms with Crippen molar-refractivity contribution in [2.45, 2.75) is 59.1 Å². The highest BCUT2D eigenvalue weighted by atomic mass is 16.6. The fraction of sp³-hybridized carbons (Fsp3) is 0.929. The first-order valence-electron chi connectivity index (χ1n) is 7.09. The summed E-state index contributed by atoms with van der Waals surface area (Å²) in [4.78, 5) is 16.4. The summed E-state index contributed by atoms with van der Waals surface area (Å²) < 4.78 is 5.43. The zero-order chi connectivity index (χ0) is 13.8. The van der Waals surface area contributed by atoms with Gasteiger partial charge in [0.1, 0.15) is 5.60 Å². The van der Waals surface area contributed by atoms with Crippen molar-refractivity contribution in [2.24, 2.45) is 0 Å². The number of piperazine rings is 1. The van der Waals surface area contributed by atoms with Gasteiger partial charge in [-0.3, -0.25) is 4.90 Å². The van der Waals surface area contributed by atoms with Gasteiger partial charge in [-0.1, -0.05) is 13.8 Å². The van der Waals surface area contributed by atoms with E-state index in [1.807, 2.05) is 25.7 Å². The van der Waals surface area contributed by atoms with Crippen LogP contribution < -0.4 is 0 Å². The predicted octanol–water partition coefficient (Wildman–Crippen LogP) is 2.73. The predicted molar refractivity (Wildman–Crippen MR) is 73.8 cm³/mol. The molecule has 4 heteroatoms. The molecule has 106 valence electrons. The lowest BCUT2D eigenvalue weighted by Crippen LogP contribution is -2.55. The Hall–Kier alpha value is -0.770. The third kappa shape index (κ3) is 4.48. The maximum atomic E-state index is 12.0. The van der Waals surface area contributed by atoms with E-state index in [0.29, 0.717) is 6.04 Å². The van der Waals surface area contributed by atoms with Gasteiger partial charge in [0.2, 0.25) is 0 Å². The van der Waals surface area contributed by atoms with Crippen LogP contribution in [0.3, 0.4) is 0 Å². The summed E-state index contributed by atoms with van der Waals surface area (Å²) in [6, 6.07) is 0.478. The van der Waals surface area contributed by atoms with E-state index in [2.05, 4.69) is 18.7 Å². The minimum Gasteiger partial charge on any atom is -0.444 e. The highest BCUT2D eigenvalue weighted by molar-refractivity contribution is 5.68. The molecule has 0 N–H and O–H groups in total. The Balaban J connectivity index is 2.54. The largest absolute Gasteiger partial charge is 0.444 e. The van der Waals surface area contributed by atoms with Gasteiger partial charge in [-0.05, 0) is 40.2 Å². The molecule has 0 aromatic rings. The number of ether oxygens (including phenoxy) is 1. The second-order valence-electron chi connectivity index (χ2n) is 6.02. The SMILES string of the molecule is CCCN1CCN(C(=O)OC(C)(C)C)C[C@@H]1CC. The molecule has 0 bridgehead atoms. The summed E-state index contributed by atoms with van der Waals surface area (Å²) in [7, 11) is 0. The molecule has 0 saturated carbocycles. The van der Waals surface area contributed by atoms with Crippen molar-refractivity contribution in [2.75, 3.05) is 26.2 Å². The lowest BCUT2D eigenvalue weighted by molar-refractivity contribution is 0.00336. The minimum atomic E-state index is -0.403. The van der Waals surface area contributed by atoms with E-state index in [1.54, 1.807) is 0 Å². The lowest BCUT2D eigenvalue weighted by atomic mass is 10.1. The first kappa shape index (κ1) is 15.3. The number of hydrogen-bond acceptors (Lipinski definition) is 3. The monoisotopic (exact) mass is 256 g/mol. The van der Waals surface area contributed by atoms with Gasteiger partial charge in [0, 0.05) is 25.7 Å². The molecule has 1 aliphatic rings. The van der Waals surface area contributed by atoms with Gasteiger partial charge in [0.25, 0.3) is 0 Å². The zero-order valence-electron chi connectivity index (χ0n) is 12.5. The van der Waals surface area contributed by atoms with Crippen molar-refractivity contribution >= 4 is 6.09 Å². The maximum Gasteiger partial charge on any atom is 0.410 e. The van der Waals surface area contributed by atoms with Crippen molar-refractivity contribution in [3.05, 3.63) is 0 Å². The molecule has 1 amide bonds. The molecule has 0 aromatic carbocycles. The highest BCUT2D eigenvalue weighted by Gasteiger charge is 2.30. The Bertz CT molecular complexity index is 273. The fourth-order valence-electron chi connectivity index (χ4n) is 2.35. The van der Waals surface area contributed by atoms with Crippen LogP contribution in [-0.4, -0.2) is 53.7 Å². The molecule has 0 aliphatic carbocycles. The van der Waals surface area contributed by atoms with Crippen LogP contribution in [0.1, 0.15) is 47.5 Å². The summed E-state index contributed by atoms with van der Waals surface area (Å²) in [5.74, 6) is 0. The second kappa shape index (κ2) is 6.41. The number of carbonyl (C=O) groups excluding carboxylic acids is 1. The summed E-state index contributed by atoms with van der Waals surface area (Å²) in [5.41, 5.74) is -0.403. The molecule has 0 radical (unpaired) electrons. The summed E-state index contributed by atoms with van der Waals surface area (Å²) >= 11 is 0. The standard InChI is InChI=1S/C14H28N2O2/c1-6-8-15-9-10-16(11-12(15)7-2)13(17)18-14(3,4)5/h12H,6-11H2,1-5H3/t12-/m0/s1. The molecule has 1 fully saturated rings. The van der Waals surface area contributed by atoms with E-state index in [-0.39, 0.29) is 6.09 Å². The Kier molecular flexibility index (Phi) is 5.45. The minimum absolute atomic E-state index is 0.169.